The third-order valence-electron chi connectivity index (χ3n) is 1.81. The van der Waals surface area contributed by atoms with Crippen LogP contribution in [0.2, 0.25) is 10.0 Å². The topological polar surface area (TPSA) is 13.1 Å². The first-order valence-electron chi connectivity index (χ1n) is 3.63. The van der Waals surface area contributed by atoms with Crippen molar-refractivity contribution >= 4 is 56.8 Å². The number of rotatable bonds is 0. The minimum Gasteiger partial charge on any atom is -0.459 e. The van der Waals surface area contributed by atoms with Gasteiger partial charge in [-0.2, -0.15) is 0 Å². The molecule has 2 aromatic rings. The van der Waals surface area contributed by atoms with E-state index >= 15 is 0 Å². The number of furan rings is 1. The maximum atomic E-state index is 5.97. The minimum atomic E-state index is 0.563. The van der Waals surface area contributed by atoms with Crippen LogP contribution in [0.5, 0.6) is 0 Å². The Balaban J connectivity index is 2.94. The molecule has 0 spiro atoms. The molecule has 4 heteroatoms. The quantitative estimate of drug-likeness (QED) is 0.642. The van der Waals surface area contributed by atoms with E-state index in [1.807, 2.05) is 13.0 Å². The number of hydrogen-bond donors (Lipinski definition) is 0. The Hall–Kier alpha value is 0.0700. The van der Waals surface area contributed by atoms with Crippen molar-refractivity contribution in [3.63, 3.8) is 0 Å². The number of fused-ring (bicyclic) bond motifs is 1. The molecule has 0 aliphatic carbocycles. The highest BCUT2D eigenvalue weighted by atomic mass is 127. The van der Waals surface area contributed by atoms with E-state index < -0.39 is 0 Å². The van der Waals surface area contributed by atoms with Crippen LogP contribution in [0.15, 0.2) is 16.5 Å². The monoisotopic (exact) mass is 326 g/mol. The molecule has 0 unspecified atom stereocenters. The normalized spacial score (nSPS) is 11.1. The average Bonchev–Trinajstić information content (AvgIpc) is 2.32. The Morgan fingerprint density at radius 3 is 2.69 bits per heavy atom. The molecule has 2 rings (SSSR count). The first kappa shape index (κ1) is 9.62. The van der Waals surface area contributed by atoms with Gasteiger partial charge in [0.25, 0.3) is 0 Å². The van der Waals surface area contributed by atoms with Crippen molar-refractivity contribution in [2.45, 2.75) is 6.92 Å². The lowest BCUT2D eigenvalue weighted by Gasteiger charge is -1.93. The van der Waals surface area contributed by atoms with E-state index in [0.717, 1.165) is 14.7 Å². The van der Waals surface area contributed by atoms with Gasteiger partial charge in [0, 0.05) is 10.4 Å². The SMILES string of the molecule is Cc1oc2c(Cl)cc(Cl)cc2c1I. The number of benzene rings is 1. The minimum absolute atomic E-state index is 0.563. The fraction of sp³-hybridized carbons (Fsp3) is 0.111. The van der Waals surface area contributed by atoms with Gasteiger partial charge in [-0.05, 0) is 41.6 Å². The smallest absolute Gasteiger partial charge is 0.154 e. The second-order valence-corrected chi connectivity index (χ2v) is 4.66. The lowest BCUT2D eigenvalue weighted by atomic mass is 10.2. The molecule has 1 aromatic heterocycles. The lowest BCUT2D eigenvalue weighted by Crippen LogP contribution is -1.71. The molecule has 1 nitrogen and oxygen atoms in total. The van der Waals surface area contributed by atoms with Crippen LogP contribution in [-0.2, 0) is 0 Å². The second kappa shape index (κ2) is 3.33. The van der Waals surface area contributed by atoms with E-state index in [4.69, 9.17) is 27.6 Å². The maximum Gasteiger partial charge on any atom is 0.154 e. The zero-order valence-electron chi connectivity index (χ0n) is 6.70. The van der Waals surface area contributed by atoms with Crippen LogP contribution in [0, 0.1) is 10.5 Å². The molecule has 1 heterocycles. The third kappa shape index (κ3) is 1.55. The van der Waals surface area contributed by atoms with Crippen LogP contribution >= 0.6 is 45.8 Å². The first-order chi connectivity index (χ1) is 6.09. The van der Waals surface area contributed by atoms with Crippen LogP contribution in [0.3, 0.4) is 0 Å². The Labute approximate surface area is 99.1 Å². The molecule has 13 heavy (non-hydrogen) atoms. The van der Waals surface area contributed by atoms with Crippen molar-refractivity contribution in [3.8, 4) is 0 Å². The second-order valence-electron chi connectivity index (χ2n) is 2.74. The Morgan fingerprint density at radius 1 is 1.31 bits per heavy atom. The van der Waals surface area contributed by atoms with Gasteiger partial charge >= 0.3 is 0 Å². The highest BCUT2D eigenvalue weighted by molar-refractivity contribution is 14.1. The predicted octanol–water partition coefficient (Wildman–Crippen LogP) is 4.65. The van der Waals surface area contributed by atoms with Gasteiger partial charge in [-0.3, -0.25) is 0 Å². The summed E-state index contributed by atoms with van der Waals surface area (Å²) in [7, 11) is 0. The zero-order valence-corrected chi connectivity index (χ0v) is 10.4. The molecule has 0 N–H and O–H groups in total. The summed E-state index contributed by atoms with van der Waals surface area (Å²) < 4.78 is 6.55. The molecule has 0 bridgehead atoms. The fourth-order valence-electron chi connectivity index (χ4n) is 1.21. The van der Waals surface area contributed by atoms with Crippen molar-refractivity contribution in [3.05, 3.63) is 31.5 Å². The Morgan fingerprint density at radius 2 is 2.00 bits per heavy atom. The molecule has 0 saturated heterocycles. The van der Waals surface area contributed by atoms with Crippen LogP contribution in [-0.4, -0.2) is 0 Å². The molecule has 0 saturated carbocycles. The number of halogens is 3. The summed E-state index contributed by atoms with van der Waals surface area (Å²) in [6.45, 7) is 1.91. The summed E-state index contributed by atoms with van der Waals surface area (Å²) in [5.41, 5.74) is 0.716. The molecule has 0 fully saturated rings. The highest BCUT2D eigenvalue weighted by Crippen LogP contribution is 2.34. The number of hydrogen-bond acceptors (Lipinski definition) is 1. The van der Waals surface area contributed by atoms with Crippen LogP contribution in [0.4, 0.5) is 0 Å². The molecule has 1 aromatic carbocycles. The van der Waals surface area contributed by atoms with E-state index in [2.05, 4.69) is 22.6 Å². The molecular weight excluding hydrogens is 322 g/mol. The van der Waals surface area contributed by atoms with E-state index in [1.165, 1.54) is 0 Å². The van der Waals surface area contributed by atoms with Crippen molar-refractivity contribution in [2.75, 3.05) is 0 Å². The molecule has 0 aliphatic heterocycles. The first-order valence-corrected chi connectivity index (χ1v) is 5.46. The van der Waals surface area contributed by atoms with Gasteiger partial charge in [-0.15, -0.1) is 0 Å². The average molecular weight is 327 g/mol. The summed E-state index contributed by atoms with van der Waals surface area (Å²) in [5.74, 6) is 0.875. The van der Waals surface area contributed by atoms with E-state index in [0.29, 0.717) is 15.6 Å². The van der Waals surface area contributed by atoms with Gasteiger partial charge in [-0.1, -0.05) is 23.2 Å². The van der Waals surface area contributed by atoms with Crippen LogP contribution in [0.1, 0.15) is 5.76 Å². The van der Waals surface area contributed by atoms with Gasteiger partial charge in [0.1, 0.15) is 5.76 Å². The summed E-state index contributed by atoms with van der Waals surface area (Å²) in [5, 5.41) is 2.18. The molecule has 0 radical (unpaired) electrons. The summed E-state index contributed by atoms with van der Waals surface area (Å²) in [6.07, 6.45) is 0. The number of aryl methyl sites for hydroxylation is 1. The van der Waals surface area contributed by atoms with Crippen LogP contribution < -0.4 is 0 Å². The Kier molecular flexibility index (Phi) is 2.47. The van der Waals surface area contributed by atoms with Crippen molar-refractivity contribution in [1.29, 1.82) is 0 Å². The standard InChI is InChI=1S/C9H5Cl2IO/c1-4-8(12)6-2-5(10)3-7(11)9(6)13-4/h2-3H,1H3. The van der Waals surface area contributed by atoms with Crippen molar-refractivity contribution < 1.29 is 4.42 Å². The van der Waals surface area contributed by atoms with Gasteiger partial charge in [0.15, 0.2) is 5.58 Å². The molecule has 0 amide bonds. The molecule has 0 atom stereocenters. The molecule has 68 valence electrons. The van der Waals surface area contributed by atoms with E-state index in [9.17, 15) is 0 Å². The molecule has 0 aliphatic rings. The summed E-state index contributed by atoms with van der Waals surface area (Å²) in [4.78, 5) is 0. The van der Waals surface area contributed by atoms with E-state index in [1.54, 1.807) is 6.07 Å². The van der Waals surface area contributed by atoms with Gasteiger partial charge < -0.3 is 4.42 Å². The maximum absolute atomic E-state index is 5.97. The zero-order chi connectivity index (χ0) is 9.59. The van der Waals surface area contributed by atoms with E-state index in [-0.39, 0.29) is 0 Å². The summed E-state index contributed by atoms with van der Waals surface area (Å²) >= 11 is 14.1. The predicted molar refractivity (Wildman–Crippen MR) is 63.7 cm³/mol. The van der Waals surface area contributed by atoms with Gasteiger partial charge in [-0.25, -0.2) is 0 Å². The third-order valence-corrected chi connectivity index (χ3v) is 3.65. The van der Waals surface area contributed by atoms with Crippen molar-refractivity contribution in [1.82, 2.24) is 0 Å². The van der Waals surface area contributed by atoms with Gasteiger partial charge in [0.05, 0.1) is 8.59 Å². The molecular formula is C9H5Cl2IO. The van der Waals surface area contributed by atoms with Gasteiger partial charge in [0.2, 0.25) is 0 Å². The van der Waals surface area contributed by atoms with Crippen LogP contribution in [0.25, 0.3) is 11.0 Å². The highest BCUT2D eigenvalue weighted by Gasteiger charge is 2.11. The Bertz CT molecular complexity index is 476. The summed E-state index contributed by atoms with van der Waals surface area (Å²) in [6, 6.07) is 3.55. The fourth-order valence-corrected chi connectivity index (χ4v) is 2.26. The largest absolute Gasteiger partial charge is 0.459 e. The van der Waals surface area contributed by atoms with Crippen molar-refractivity contribution in [2.24, 2.45) is 0 Å². The lowest BCUT2D eigenvalue weighted by molar-refractivity contribution is 0.576.